The minimum Gasteiger partial charge on any atom is -0.377 e. The first-order chi connectivity index (χ1) is 7.31. The van der Waals surface area contributed by atoms with Crippen LogP contribution in [0, 0.1) is 5.92 Å². The largest absolute Gasteiger partial charge is 0.377 e. The van der Waals surface area contributed by atoms with Crippen LogP contribution in [-0.2, 0) is 16.0 Å². The van der Waals surface area contributed by atoms with Crippen molar-refractivity contribution in [1.82, 2.24) is 9.97 Å². The first-order valence-corrected chi connectivity index (χ1v) is 5.44. The Labute approximate surface area is 89.0 Å². The van der Waals surface area contributed by atoms with Crippen LogP contribution in [0.1, 0.15) is 25.6 Å². The molecular weight excluding hydrogens is 192 g/mol. The molecule has 0 saturated carbocycles. The van der Waals surface area contributed by atoms with E-state index in [0.29, 0.717) is 13.0 Å². The first-order valence-electron chi connectivity index (χ1n) is 5.44. The molecule has 0 aromatic carbocycles. The number of aromatic nitrogens is 2. The van der Waals surface area contributed by atoms with Crippen LogP contribution in [0.3, 0.4) is 0 Å². The maximum atomic E-state index is 11.9. The Morgan fingerprint density at radius 2 is 2.60 bits per heavy atom. The van der Waals surface area contributed by atoms with Gasteiger partial charge in [-0.15, -0.1) is 0 Å². The van der Waals surface area contributed by atoms with Gasteiger partial charge in [-0.2, -0.15) is 0 Å². The summed E-state index contributed by atoms with van der Waals surface area (Å²) in [7, 11) is 0. The molecule has 1 fully saturated rings. The number of hydrogen-bond donors (Lipinski definition) is 1. The predicted molar refractivity (Wildman–Crippen MR) is 55.4 cm³/mol. The van der Waals surface area contributed by atoms with Crippen molar-refractivity contribution in [2.45, 2.75) is 32.3 Å². The molecule has 1 N–H and O–H groups in total. The van der Waals surface area contributed by atoms with Crippen LogP contribution in [0.2, 0.25) is 0 Å². The molecule has 0 bridgehead atoms. The summed E-state index contributed by atoms with van der Waals surface area (Å²) in [5, 5.41) is 0. The van der Waals surface area contributed by atoms with Gasteiger partial charge in [0, 0.05) is 24.9 Å². The van der Waals surface area contributed by atoms with E-state index in [2.05, 4.69) is 16.9 Å². The molecule has 0 amide bonds. The zero-order valence-corrected chi connectivity index (χ0v) is 8.90. The number of H-pyrrole nitrogens is 1. The fraction of sp³-hybridized carbons (Fsp3) is 0.636. The van der Waals surface area contributed by atoms with Gasteiger partial charge in [0.15, 0.2) is 0 Å². The molecule has 1 aromatic heterocycles. The average Bonchev–Trinajstić information content (AvgIpc) is 2.86. The van der Waals surface area contributed by atoms with Crippen molar-refractivity contribution in [3.8, 4) is 0 Å². The van der Waals surface area contributed by atoms with E-state index in [1.807, 2.05) is 0 Å². The van der Waals surface area contributed by atoms with E-state index >= 15 is 0 Å². The first kappa shape index (κ1) is 10.4. The van der Waals surface area contributed by atoms with Gasteiger partial charge in [0.2, 0.25) is 0 Å². The normalized spacial score (nSPS) is 25.7. The minimum atomic E-state index is 0.0695. The van der Waals surface area contributed by atoms with Crippen molar-refractivity contribution in [2.75, 3.05) is 6.61 Å². The molecule has 4 heteroatoms. The summed E-state index contributed by atoms with van der Waals surface area (Å²) in [6.07, 6.45) is 5.70. The van der Waals surface area contributed by atoms with Crippen LogP contribution in [0.15, 0.2) is 12.4 Å². The van der Waals surface area contributed by atoms with Gasteiger partial charge < -0.3 is 9.72 Å². The van der Waals surface area contributed by atoms with Gasteiger partial charge >= 0.3 is 0 Å². The van der Waals surface area contributed by atoms with Crippen molar-refractivity contribution < 1.29 is 9.53 Å². The number of rotatable bonds is 4. The molecule has 0 spiro atoms. The molecule has 2 unspecified atom stereocenters. The molecule has 1 aromatic rings. The number of ketones is 1. The summed E-state index contributed by atoms with van der Waals surface area (Å²) in [4.78, 5) is 19.0. The summed E-state index contributed by atoms with van der Waals surface area (Å²) in [5.41, 5.74) is 0. The summed E-state index contributed by atoms with van der Waals surface area (Å²) in [5.74, 6) is 1.07. The van der Waals surface area contributed by atoms with E-state index in [9.17, 15) is 4.79 Å². The second-order valence-corrected chi connectivity index (χ2v) is 3.89. The SMILES string of the molecule is CCC1OCCC1C(=O)Cc1ncc[nH]1. The number of imidazole rings is 1. The Bertz CT molecular complexity index is 321. The van der Waals surface area contributed by atoms with E-state index in [-0.39, 0.29) is 17.8 Å². The Hall–Kier alpha value is -1.16. The van der Waals surface area contributed by atoms with Gasteiger partial charge in [-0.1, -0.05) is 6.92 Å². The molecule has 4 nitrogen and oxygen atoms in total. The van der Waals surface area contributed by atoms with Crippen LogP contribution in [0.5, 0.6) is 0 Å². The molecule has 1 saturated heterocycles. The summed E-state index contributed by atoms with van der Waals surface area (Å²) < 4.78 is 5.50. The van der Waals surface area contributed by atoms with Crippen molar-refractivity contribution >= 4 is 5.78 Å². The second kappa shape index (κ2) is 4.57. The summed E-state index contributed by atoms with van der Waals surface area (Å²) in [6, 6.07) is 0. The van der Waals surface area contributed by atoms with Gasteiger partial charge in [-0.3, -0.25) is 4.79 Å². The van der Waals surface area contributed by atoms with Crippen LogP contribution >= 0.6 is 0 Å². The zero-order chi connectivity index (χ0) is 10.7. The zero-order valence-electron chi connectivity index (χ0n) is 8.90. The molecule has 2 atom stereocenters. The summed E-state index contributed by atoms with van der Waals surface area (Å²) >= 11 is 0. The lowest BCUT2D eigenvalue weighted by Crippen LogP contribution is -2.25. The molecule has 82 valence electrons. The fourth-order valence-corrected chi connectivity index (χ4v) is 2.11. The highest BCUT2D eigenvalue weighted by Gasteiger charge is 2.32. The number of carbonyl (C=O) groups excluding carboxylic acids is 1. The number of carbonyl (C=O) groups is 1. The van der Waals surface area contributed by atoms with Crippen molar-refractivity contribution in [1.29, 1.82) is 0 Å². The highest BCUT2D eigenvalue weighted by atomic mass is 16.5. The van der Waals surface area contributed by atoms with Gasteiger partial charge in [0.25, 0.3) is 0 Å². The molecule has 2 rings (SSSR count). The standard InChI is InChI=1S/C11H16N2O2/c1-2-10-8(3-6-15-10)9(14)7-11-12-4-5-13-11/h4-5,8,10H,2-3,6-7H2,1H3,(H,12,13). The molecule has 1 aliphatic rings. The lowest BCUT2D eigenvalue weighted by Gasteiger charge is -2.14. The van der Waals surface area contributed by atoms with Gasteiger partial charge in [-0.25, -0.2) is 4.98 Å². The van der Waals surface area contributed by atoms with Crippen LogP contribution < -0.4 is 0 Å². The van der Waals surface area contributed by atoms with E-state index in [0.717, 1.165) is 18.7 Å². The quantitative estimate of drug-likeness (QED) is 0.812. The lowest BCUT2D eigenvalue weighted by atomic mass is 9.93. The van der Waals surface area contributed by atoms with E-state index < -0.39 is 0 Å². The topological polar surface area (TPSA) is 55.0 Å². The maximum Gasteiger partial charge on any atom is 0.146 e. The van der Waals surface area contributed by atoms with Gasteiger partial charge in [-0.05, 0) is 12.8 Å². The number of aromatic amines is 1. The van der Waals surface area contributed by atoms with E-state index in [1.54, 1.807) is 12.4 Å². The molecule has 0 aliphatic carbocycles. The number of nitrogens with one attached hydrogen (secondary N) is 1. The summed E-state index contributed by atoms with van der Waals surface area (Å²) in [6.45, 7) is 2.77. The maximum absolute atomic E-state index is 11.9. The van der Waals surface area contributed by atoms with Crippen LogP contribution in [-0.4, -0.2) is 28.5 Å². The third-order valence-electron chi connectivity index (χ3n) is 2.92. The Morgan fingerprint density at radius 3 is 3.27 bits per heavy atom. The molecule has 0 radical (unpaired) electrons. The Balaban J connectivity index is 1.96. The number of nitrogens with zero attached hydrogens (tertiary/aromatic N) is 1. The van der Waals surface area contributed by atoms with E-state index in [1.165, 1.54) is 0 Å². The van der Waals surface area contributed by atoms with Crippen molar-refractivity contribution in [2.24, 2.45) is 5.92 Å². The third-order valence-corrected chi connectivity index (χ3v) is 2.92. The average molecular weight is 208 g/mol. The highest BCUT2D eigenvalue weighted by molar-refractivity contribution is 5.83. The van der Waals surface area contributed by atoms with Crippen molar-refractivity contribution in [3.63, 3.8) is 0 Å². The molecule has 15 heavy (non-hydrogen) atoms. The van der Waals surface area contributed by atoms with Gasteiger partial charge in [0.05, 0.1) is 12.5 Å². The number of Topliss-reactive ketones (excluding diaryl/α,β-unsaturated/α-hetero) is 1. The number of ether oxygens (including phenoxy) is 1. The third kappa shape index (κ3) is 2.26. The van der Waals surface area contributed by atoms with Gasteiger partial charge in [0.1, 0.15) is 11.6 Å². The Morgan fingerprint density at radius 1 is 1.73 bits per heavy atom. The monoisotopic (exact) mass is 208 g/mol. The lowest BCUT2D eigenvalue weighted by molar-refractivity contribution is -0.124. The predicted octanol–water partition coefficient (Wildman–Crippen LogP) is 1.34. The Kier molecular flexibility index (Phi) is 3.16. The minimum absolute atomic E-state index is 0.0695. The van der Waals surface area contributed by atoms with Crippen molar-refractivity contribution in [3.05, 3.63) is 18.2 Å². The van der Waals surface area contributed by atoms with Crippen LogP contribution in [0.4, 0.5) is 0 Å². The second-order valence-electron chi connectivity index (χ2n) is 3.89. The number of hydrogen-bond acceptors (Lipinski definition) is 3. The van der Waals surface area contributed by atoms with Crippen LogP contribution in [0.25, 0.3) is 0 Å². The molecule has 2 heterocycles. The smallest absolute Gasteiger partial charge is 0.146 e. The molecule has 1 aliphatic heterocycles. The molecular formula is C11H16N2O2. The van der Waals surface area contributed by atoms with E-state index in [4.69, 9.17) is 4.74 Å². The highest BCUT2D eigenvalue weighted by Crippen LogP contribution is 2.24. The fourth-order valence-electron chi connectivity index (χ4n) is 2.11.